The Labute approximate surface area is 164 Å². The number of carbonyl (C=O) groups is 2. The van der Waals surface area contributed by atoms with Crippen molar-refractivity contribution in [1.29, 1.82) is 0 Å². The van der Waals surface area contributed by atoms with Gasteiger partial charge in [0.25, 0.3) is 5.91 Å². The van der Waals surface area contributed by atoms with Gasteiger partial charge in [-0.2, -0.15) is 0 Å². The van der Waals surface area contributed by atoms with Crippen molar-refractivity contribution in [2.75, 3.05) is 13.1 Å². The van der Waals surface area contributed by atoms with Gasteiger partial charge in [0.2, 0.25) is 0 Å². The monoisotopic (exact) mass is 370 g/mol. The fraction of sp³-hybridized carbons (Fsp3) is 0.292. The van der Waals surface area contributed by atoms with Crippen LogP contribution in [-0.2, 0) is 12.8 Å². The minimum atomic E-state index is -0.146. The van der Waals surface area contributed by atoms with Crippen molar-refractivity contribution in [2.24, 2.45) is 5.92 Å². The molecule has 1 atom stereocenters. The number of carbonyl (C=O) groups excluding carboxylic acids is 2. The summed E-state index contributed by atoms with van der Waals surface area (Å²) in [7, 11) is 0. The van der Waals surface area contributed by atoms with E-state index in [4.69, 9.17) is 0 Å². The number of benzene rings is 2. The van der Waals surface area contributed by atoms with Crippen LogP contribution in [0.15, 0.2) is 54.9 Å². The molecule has 0 radical (unpaired) electrons. The Morgan fingerprint density at radius 3 is 2.68 bits per heavy atom. The summed E-state index contributed by atoms with van der Waals surface area (Å²) in [6, 6.07) is 14.0. The van der Waals surface area contributed by atoms with Gasteiger partial charge in [0.05, 0.1) is 5.56 Å². The molecule has 0 spiro atoms. The van der Waals surface area contributed by atoms with E-state index in [2.05, 4.69) is 29.2 Å². The first kappa shape index (κ1) is 17.1. The predicted octanol–water partition coefficient (Wildman–Crippen LogP) is 4.07. The van der Waals surface area contributed by atoms with Gasteiger partial charge in [-0.1, -0.05) is 30.3 Å². The molecule has 5 rings (SSSR count). The van der Waals surface area contributed by atoms with E-state index in [1.807, 2.05) is 11.0 Å². The zero-order valence-corrected chi connectivity index (χ0v) is 15.7. The maximum absolute atomic E-state index is 13.4. The molecular formula is C24H22N2O2. The molecule has 0 N–H and O–H groups in total. The third kappa shape index (κ3) is 2.80. The smallest absolute Gasteiger partial charge is 0.255 e. The summed E-state index contributed by atoms with van der Waals surface area (Å²) in [5.74, 6) is -0.0156. The van der Waals surface area contributed by atoms with E-state index < -0.39 is 0 Å². The Balaban J connectivity index is 1.43. The van der Waals surface area contributed by atoms with Crippen LogP contribution in [0, 0.1) is 5.92 Å². The fourth-order valence-electron chi connectivity index (χ4n) is 4.73. The molecule has 1 amide bonds. The van der Waals surface area contributed by atoms with Crippen molar-refractivity contribution < 1.29 is 9.59 Å². The van der Waals surface area contributed by atoms with Crippen LogP contribution in [0.1, 0.15) is 44.7 Å². The second kappa shape index (κ2) is 6.86. The van der Waals surface area contributed by atoms with Gasteiger partial charge in [0.1, 0.15) is 0 Å². The quantitative estimate of drug-likeness (QED) is 0.653. The lowest BCUT2D eigenvalue weighted by molar-refractivity contribution is 0.0637. The van der Waals surface area contributed by atoms with Crippen LogP contribution in [0.5, 0.6) is 0 Å². The number of pyridine rings is 1. The normalized spacial score (nSPS) is 18.4. The van der Waals surface area contributed by atoms with Crippen LogP contribution in [0.2, 0.25) is 0 Å². The van der Waals surface area contributed by atoms with E-state index in [9.17, 15) is 9.59 Å². The Morgan fingerprint density at radius 2 is 1.86 bits per heavy atom. The lowest BCUT2D eigenvalue weighted by atomic mass is 9.87. The summed E-state index contributed by atoms with van der Waals surface area (Å²) < 4.78 is 0. The molecule has 1 fully saturated rings. The molecule has 4 nitrogen and oxygen atoms in total. The lowest BCUT2D eigenvalue weighted by Gasteiger charge is -2.32. The zero-order chi connectivity index (χ0) is 19.1. The maximum atomic E-state index is 13.4. The topological polar surface area (TPSA) is 50.3 Å². The molecule has 1 aliphatic carbocycles. The van der Waals surface area contributed by atoms with Gasteiger partial charge in [-0.25, -0.2) is 0 Å². The van der Waals surface area contributed by atoms with Crippen molar-refractivity contribution in [3.05, 3.63) is 77.1 Å². The molecule has 0 unspecified atom stereocenters. The average molecular weight is 370 g/mol. The van der Waals surface area contributed by atoms with Crippen molar-refractivity contribution in [2.45, 2.75) is 25.7 Å². The highest BCUT2D eigenvalue weighted by atomic mass is 16.2. The molecular weight excluding hydrogens is 348 g/mol. The summed E-state index contributed by atoms with van der Waals surface area (Å²) in [4.78, 5) is 32.1. The number of hydrogen-bond donors (Lipinski definition) is 0. The van der Waals surface area contributed by atoms with E-state index in [1.165, 1.54) is 16.5 Å². The van der Waals surface area contributed by atoms with Crippen LogP contribution in [0.3, 0.4) is 0 Å². The highest BCUT2D eigenvalue weighted by Gasteiger charge is 2.31. The summed E-state index contributed by atoms with van der Waals surface area (Å²) in [6.45, 7) is 1.18. The Kier molecular flexibility index (Phi) is 4.19. The number of piperidine rings is 1. The number of nitrogens with zero attached hydrogens (tertiary/aromatic N) is 2. The maximum Gasteiger partial charge on any atom is 0.255 e. The van der Waals surface area contributed by atoms with Crippen molar-refractivity contribution >= 4 is 22.5 Å². The summed E-state index contributed by atoms with van der Waals surface area (Å²) >= 11 is 0. The zero-order valence-electron chi connectivity index (χ0n) is 15.7. The molecule has 2 aromatic carbocycles. The van der Waals surface area contributed by atoms with Gasteiger partial charge in [0.15, 0.2) is 5.78 Å². The van der Waals surface area contributed by atoms with Crippen molar-refractivity contribution in [1.82, 2.24) is 9.88 Å². The molecule has 28 heavy (non-hydrogen) atoms. The molecule has 2 aliphatic rings. The molecule has 1 aliphatic heterocycles. The second-order valence-electron chi connectivity index (χ2n) is 7.81. The molecule has 1 saturated heterocycles. The molecule has 3 aromatic rings. The minimum absolute atomic E-state index is 0.0361. The molecule has 2 heterocycles. The summed E-state index contributed by atoms with van der Waals surface area (Å²) in [6.07, 6.45) is 7.05. The van der Waals surface area contributed by atoms with Gasteiger partial charge >= 0.3 is 0 Å². The number of aromatic nitrogens is 1. The van der Waals surface area contributed by atoms with Crippen LogP contribution in [0.4, 0.5) is 0 Å². The Morgan fingerprint density at radius 1 is 1.00 bits per heavy atom. The highest BCUT2D eigenvalue weighted by molar-refractivity contribution is 6.11. The average Bonchev–Trinajstić information content (AvgIpc) is 3.19. The van der Waals surface area contributed by atoms with Gasteiger partial charge in [-0.3, -0.25) is 14.6 Å². The third-order valence-electron chi connectivity index (χ3n) is 6.13. The fourth-order valence-corrected chi connectivity index (χ4v) is 4.73. The van der Waals surface area contributed by atoms with Crippen molar-refractivity contribution in [3.8, 4) is 0 Å². The van der Waals surface area contributed by atoms with Crippen LogP contribution < -0.4 is 0 Å². The van der Waals surface area contributed by atoms with E-state index in [-0.39, 0.29) is 17.6 Å². The third-order valence-corrected chi connectivity index (χ3v) is 6.13. The Bertz CT molecular complexity index is 1060. The highest BCUT2D eigenvalue weighted by Crippen LogP contribution is 2.34. The minimum Gasteiger partial charge on any atom is -0.338 e. The number of likely N-dealkylation sites (tertiary alicyclic amines) is 1. The SMILES string of the molecule is O=C(c1ccc2c3c(cccc13)CC2)[C@@H]1CCCN(C(=O)c2cccnc2)C1. The first-order chi connectivity index (χ1) is 13.7. The standard InChI is InChI=1S/C24H22N2O2/c27-23(21-11-10-17-9-8-16-4-1-7-20(21)22(16)17)19-6-3-13-26(15-19)24(28)18-5-2-12-25-14-18/h1-2,4-5,7,10-12,14,19H,3,6,8-9,13,15H2/t19-/m1/s1. The van der Waals surface area contributed by atoms with Crippen LogP contribution >= 0.6 is 0 Å². The van der Waals surface area contributed by atoms with E-state index >= 15 is 0 Å². The predicted molar refractivity (Wildman–Crippen MR) is 109 cm³/mol. The van der Waals surface area contributed by atoms with E-state index in [1.54, 1.807) is 24.5 Å². The number of rotatable bonds is 3. The van der Waals surface area contributed by atoms with Crippen molar-refractivity contribution in [3.63, 3.8) is 0 Å². The van der Waals surface area contributed by atoms with Gasteiger partial charge in [-0.05, 0) is 59.7 Å². The Hall–Kier alpha value is -3.01. The number of amides is 1. The number of hydrogen-bond acceptors (Lipinski definition) is 3. The molecule has 1 aromatic heterocycles. The molecule has 140 valence electrons. The largest absolute Gasteiger partial charge is 0.338 e. The number of ketones is 1. The molecule has 0 bridgehead atoms. The van der Waals surface area contributed by atoms with Gasteiger partial charge in [0, 0.05) is 37.0 Å². The van der Waals surface area contributed by atoms with Gasteiger partial charge in [-0.15, -0.1) is 0 Å². The lowest BCUT2D eigenvalue weighted by Crippen LogP contribution is -2.42. The first-order valence-corrected chi connectivity index (χ1v) is 9.99. The van der Waals surface area contributed by atoms with E-state index in [0.717, 1.165) is 36.6 Å². The summed E-state index contributed by atoms with van der Waals surface area (Å²) in [5.41, 5.74) is 4.09. The molecule has 0 saturated carbocycles. The first-order valence-electron chi connectivity index (χ1n) is 9.99. The second-order valence-corrected chi connectivity index (χ2v) is 7.81. The summed E-state index contributed by atoms with van der Waals surface area (Å²) in [5, 5.41) is 2.35. The molecule has 4 heteroatoms. The number of Topliss-reactive ketones (excluding diaryl/α,β-unsaturated/α-hetero) is 1. The van der Waals surface area contributed by atoms with Gasteiger partial charge < -0.3 is 4.90 Å². The van der Waals surface area contributed by atoms with Crippen LogP contribution in [0.25, 0.3) is 10.8 Å². The number of aryl methyl sites for hydroxylation is 2. The van der Waals surface area contributed by atoms with E-state index in [0.29, 0.717) is 18.7 Å². The van der Waals surface area contributed by atoms with Crippen LogP contribution in [-0.4, -0.2) is 34.7 Å².